The molecule has 0 spiro atoms. The van der Waals surface area contributed by atoms with Crippen molar-refractivity contribution in [2.75, 3.05) is 18.4 Å². The minimum atomic E-state index is -4.59. The van der Waals surface area contributed by atoms with Crippen molar-refractivity contribution in [3.63, 3.8) is 0 Å². The molecule has 1 N–H and O–H groups in total. The summed E-state index contributed by atoms with van der Waals surface area (Å²) in [6.07, 6.45) is -4.59. The number of nitrogens with zero attached hydrogens (tertiary/aromatic N) is 1. The van der Waals surface area contributed by atoms with Crippen LogP contribution in [0.15, 0.2) is 30.3 Å². The first-order chi connectivity index (χ1) is 8.90. The Kier molecular flexibility index (Phi) is 5.35. The second-order valence-corrected chi connectivity index (χ2v) is 4.02. The number of para-hydroxylation sites is 1. The van der Waals surface area contributed by atoms with E-state index in [4.69, 9.17) is 0 Å². The third kappa shape index (κ3) is 4.24. The van der Waals surface area contributed by atoms with Crippen LogP contribution in [0.4, 0.5) is 18.9 Å². The third-order valence-corrected chi connectivity index (χ3v) is 2.78. The van der Waals surface area contributed by atoms with Gasteiger partial charge >= 0.3 is 6.18 Å². The third-order valence-electron chi connectivity index (χ3n) is 2.78. The Hall–Kier alpha value is -1.56. The summed E-state index contributed by atoms with van der Waals surface area (Å²) in [6, 6.07) is 6.00. The maximum atomic E-state index is 13.0. The van der Waals surface area contributed by atoms with Gasteiger partial charge in [-0.15, -0.1) is 0 Å². The molecule has 0 aliphatic rings. The lowest BCUT2D eigenvalue weighted by atomic mass is 10.2. The zero-order valence-corrected chi connectivity index (χ0v) is 10.9. The van der Waals surface area contributed by atoms with Crippen molar-refractivity contribution in [2.24, 2.45) is 0 Å². The van der Waals surface area contributed by atoms with E-state index in [0.29, 0.717) is 5.69 Å². The van der Waals surface area contributed by atoms with Gasteiger partial charge in [-0.05, 0) is 25.2 Å². The van der Waals surface area contributed by atoms with Crippen molar-refractivity contribution in [3.05, 3.63) is 30.3 Å². The van der Waals surface area contributed by atoms with Gasteiger partial charge in [0, 0.05) is 5.69 Å². The SMILES string of the molecule is CCN(CC)C(C(=O)Nc1ccccc1)C(F)(F)F. The van der Waals surface area contributed by atoms with E-state index >= 15 is 0 Å². The molecule has 0 radical (unpaired) electrons. The fraction of sp³-hybridized carbons (Fsp3) is 0.462. The molecular weight excluding hydrogens is 257 g/mol. The van der Waals surface area contributed by atoms with E-state index < -0.39 is 18.1 Å². The van der Waals surface area contributed by atoms with Gasteiger partial charge in [-0.1, -0.05) is 32.0 Å². The summed E-state index contributed by atoms with van der Waals surface area (Å²) in [4.78, 5) is 12.9. The maximum absolute atomic E-state index is 13.0. The number of alkyl halides is 3. The smallest absolute Gasteiger partial charge is 0.324 e. The average molecular weight is 274 g/mol. The number of hydrogen-bond acceptors (Lipinski definition) is 2. The monoisotopic (exact) mass is 274 g/mol. The zero-order valence-electron chi connectivity index (χ0n) is 10.9. The fourth-order valence-electron chi connectivity index (χ4n) is 1.84. The summed E-state index contributed by atoms with van der Waals surface area (Å²) >= 11 is 0. The molecule has 0 bridgehead atoms. The van der Waals surface area contributed by atoms with Crippen molar-refractivity contribution in [1.82, 2.24) is 4.90 Å². The molecular formula is C13H17F3N2O. The number of nitrogens with one attached hydrogen (secondary N) is 1. The van der Waals surface area contributed by atoms with E-state index in [-0.39, 0.29) is 13.1 Å². The minimum Gasteiger partial charge on any atom is -0.324 e. The molecule has 0 aliphatic heterocycles. The lowest BCUT2D eigenvalue weighted by Gasteiger charge is -2.30. The van der Waals surface area contributed by atoms with Gasteiger partial charge in [0.05, 0.1) is 0 Å². The van der Waals surface area contributed by atoms with Crippen molar-refractivity contribution >= 4 is 11.6 Å². The second-order valence-electron chi connectivity index (χ2n) is 4.02. The van der Waals surface area contributed by atoms with Gasteiger partial charge in [-0.3, -0.25) is 9.69 Å². The van der Waals surface area contributed by atoms with Gasteiger partial charge in [-0.25, -0.2) is 0 Å². The molecule has 0 saturated carbocycles. The van der Waals surface area contributed by atoms with E-state index in [0.717, 1.165) is 4.90 Å². The van der Waals surface area contributed by atoms with E-state index in [9.17, 15) is 18.0 Å². The van der Waals surface area contributed by atoms with Gasteiger partial charge in [0.2, 0.25) is 0 Å². The number of rotatable bonds is 5. The molecule has 0 aliphatic carbocycles. The highest BCUT2D eigenvalue weighted by Crippen LogP contribution is 2.26. The van der Waals surface area contributed by atoms with Crippen LogP contribution >= 0.6 is 0 Å². The molecule has 1 aromatic carbocycles. The summed E-state index contributed by atoms with van der Waals surface area (Å²) in [7, 11) is 0. The van der Waals surface area contributed by atoms with Crippen LogP contribution in [-0.4, -0.2) is 36.1 Å². The largest absolute Gasteiger partial charge is 0.412 e. The maximum Gasteiger partial charge on any atom is 0.412 e. The topological polar surface area (TPSA) is 32.3 Å². The normalized spacial score (nSPS) is 13.4. The number of halogens is 3. The van der Waals surface area contributed by atoms with Crippen molar-refractivity contribution < 1.29 is 18.0 Å². The predicted octanol–water partition coefficient (Wildman–Crippen LogP) is 2.90. The van der Waals surface area contributed by atoms with Crippen LogP contribution in [0.1, 0.15) is 13.8 Å². The molecule has 1 aromatic rings. The van der Waals surface area contributed by atoms with E-state index in [1.54, 1.807) is 44.2 Å². The first kappa shape index (κ1) is 15.5. The number of carbonyl (C=O) groups excluding carboxylic acids is 1. The number of carbonyl (C=O) groups is 1. The molecule has 1 unspecified atom stereocenters. The first-order valence-corrected chi connectivity index (χ1v) is 6.06. The van der Waals surface area contributed by atoms with Crippen LogP contribution in [0.25, 0.3) is 0 Å². The Morgan fingerprint density at radius 2 is 1.74 bits per heavy atom. The molecule has 0 fully saturated rings. The number of benzene rings is 1. The van der Waals surface area contributed by atoms with Crippen molar-refractivity contribution in [3.8, 4) is 0 Å². The van der Waals surface area contributed by atoms with Gasteiger partial charge in [0.1, 0.15) is 0 Å². The Balaban J connectivity index is 2.89. The van der Waals surface area contributed by atoms with Gasteiger partial charge in [-0.2, -0.15) is 13.2 Å². The van der Waals surface area contributed by atoms with Crippen LogP contribution in [0.3, 0.4) is 0 Å². The number of likely N-dealkylation sites (N-methyl/N-ethyl adjacent to an activating group) is 1. The molecule has 106 valence electrons. The van der Waals surface area contributed by atoms with Gasteiger partial charge in [0.25, 0.3) is 5.91 Å². The molecule has 1 atom stereocenters. The standard InChI is InChI=1S/C13H17F3N2O/c1-3-18(4-2)11(13(14,15)16)12(19)17-10-8-6-5-7-9-10/h5-9,11H,3-4H2,1-2H3,(H,17,19). The molecule has 19 heavy (non-hydrogen) atoms. The van der Waals surface area contributed by atoms with Crippen molar-refractivity contribution in [1.29, 1.82) is 0 Å². The number of anilines is 1. The lowest BCUT2D eigenvalue weighted by molar-refractivity contribution is -0.185. The highest BCUT2D eigenvalue weighted by Gasteiger charge is 2.47. The van der Waals surface area contributed by atoms with E-state index in [1.165, 1.54) is 0 Å². The van der Waals surface area contributed by atoms with Gasteiger partial charge in [0.15, 0.2) is 6.04 Å². The predicted molar refractivity (Wildman–Crippen MR) is 67.8 cm³/mol. The average Bonchev–Trinajstić information content (AvgIpc) is 2.35. The minimum absolute atomic E-state index is 0.156. The summed E-state index contributed by atoms with van der Waals surface area (Å²) in [5.74, 6) is -1.05. The number of hydrogen-bond donors (Lipinski definition) is 1. The van der Waals surface area contributed by atoms with Crippen LogP contribution in [0.2, 0.25) is 0 Å². The molecule has 0 heterocycles. The summed E-state index contributed by atoms with van der Waals surface area (Å²) in [6.45, 7) is 3.50. The number of amides is 1. The quantitative estimate of drug-likeness (QED) is 0.895. The Bertz CT molecular complexity index is 402. The second kappa shape index (κ2) is 6.56. The molecule has 6 heteroatoms. The van der Waals surface area contributed by atoms with Crippen LogP contribution in [0, 0.1) is 0 Å². The zero-order chi connectivity index (χ0) is 14.5. The summed E-state index contributed by atoms with van der Waals surface area (Å²) in [5.41, 5.74) is 0.355. The van der Waals surface area contributed by atoms with Crippen LogP contribution < -0.4 is 5.32 Å². The molecule has 3 nitrogen and oxygen atoms in total. The molecule has 1 rings (SSSR count). The van der Waals surface area contributed by atoms with Crippen LogP contribution in [-0.2, 0) is 4.79 Å². The first-order valence-electron chi connectivity index (χ1n) is 6.06. The molecule has 0 saturated heterocycles. The van der Waals surface area contributed by atoms with E-state index in [2.05, 4.69) is 5.32 Å². The van der Waals surface area contributed by atoms with Crippen LogP contribution in [0.5, 0.6) is 0 Å². The highest BCUT2D eigenvalue weighted by atomic mass is 19.4. The van der Waals surface area contributed by atoms with Gasteiger partial charge < -0.3 is 5.32 Å². The van der Waals surface area contributed by atoms with E-state index in [1.807, 2.05) is 0 Å². The van der Waals surface area contributed by atoms with Crippen molar-refractivity contribution in [2.45, 2.75) is 26.1 Å². The Morgan fingerprint density at radius 3 is 2.16 bits per heavy atom. The Morgan fingerprint density at radius 1 is 1.21 bits per heavy atom. The molecule has 1 amide bonds. The molecule has 0 aromatic heterocycles. The summed E-state index contributed by atoms with van der Waals surface area (Å²) in [5, 5.41) is 2.30. The lowest BCUT2D eigenvalue weighted by Crippen LogP contribution is -2.53. The highest BCUT2D eigenvalue weighted by molar-refractivity contribution is 5.95. The fourth-order valence-corrected chi connectivity index (χ4v) is 1.84. The summed E-state index contributed by atoms with van der Waals surface area (Å²) < 4.78 is 39.0. The Labute approximate surface area is 110 Å².